The van der Waals surface area contributed by atoms with E-state index in [0.717, 1.165) is 34.6 Å². The van der Waals surface area contributed by atoms with Crippen LogP contribution in [0.3, 0.4) is 0 Å². The Morgan fingerprint density at radius 1 is 0.733 bits per heavy atom. The first-order valence-corrected chi connectivity index (χ1v) is 22.7. The predicted molar refractivity (Wildman–Crippen MR) is 258 cm³/mol. The fraction of sp³-hybridized carbons (Fsp3) is 0.636. The molecule has 0 spiro atoms. The van der Waals surface area contributed by atoms with E-state index in [1.807, 2.05) is 12.1 Å². The summed E-state index contributed by atoms with van der Waals surface area (Å²) in [6.45, 7) is 56.5. The summed E-state index contributed by atoms with van der Waals surface area (Å²) in [5.41, 5.74) is 15.0. The number of phenolic OH excluding ortho intramolecular Hbond substituents is 1. The molecule has 5 nitrogen and oxygen atoms in total. The number of benzene rings is 3. The zero-order chi connectivity index (χ0) is 45.9. The van der Waals surface area contributed by atoms with Gasteiger partial charge in [0, 0.05) is 23.0 Å². The van der Waals surface area contributed by atoms with Crippen LogP contribution in [0.2, 0.25) is 0 Å². The number of phenols is 1. The van der Waals surface area contributed by atoms with Crippen molar-refractivity contribution in [1.82, 2.24) is 9.47 Å². The summed E-state index contributed by atoms with van der Waals surface area (Å²) >= 11 is 0. The van der Waals surface area contributed by atoms with Gasteiger partial charge in [-0.25, -0.2) is 0 Å². The maximum Gasteiger partial charge on any atom is 0.126 e. The SMILES string of the molecule is COc1cc2c(C(C)(C)C)c(-c3c(C)cc(O)cc3C)n(C(C)c3c(C)c(C)c(OC(C)(C)C(C)(C)N4C(C)CC(C)(C)C(C)(C)C(C)(C)C4C)c(C)c3C)c2c(C)c1C. The van der Waals surface area contributed by atoms with Crippen molar-refractivity contribution < 1.29 is 14.6 Å². The van der Waals surface area contributed by atoms with Gasteiger partial charge in [0.1, 0.15) is 22.8 Å². The van der Waals surface area contributed by atoms with Crippen LogP contribution in [0.4, 0.5) is 0 Å². The fourth-order valence-corrected chi connectivity index (χ4v) is 11.8. The number of aromatic hydroxyl groups is 1. The van der Waals surface area contributed by atoms with Crippen LogP contribution in [0.1, 0.15) is 179 Å². The molecule has 0 radical (unpaired) electrons. The zero-order valence-corrected chi connectivity index (χ0v) is 42.8. The van der Waals surface area contributed by atoms with E-state index in [1.54, 1.807) is 7.11 Å². The lowest BCUT2D eigenvalue weighted by molar-refractivity contribution is -0.116. The molecular formula is C55H84N2O3. The number of aromatic nitrogens is 1. The lowest BCUT2D eigenvalue weighted by atomic mass is 9.52. The normalized spacial score (nSPS) is 20.4. The Morgan fingerprint density at radius 2 is 1.23 bits per heavy atom. The van der Waals surface area contributed by atoms with E-state index in [1.165, 1.54) is 61.1 Å². The minimum absolute atomic E-state index is 0.0265. The van der Waals surface area contributed by atoms with Crippen LogP contribution in [0, 0.1) is 71.6 Å². The molecule has 332 valence electrons. The summed E-state index contributed by atoms with van der Waals surface area (Å²) in [5.74, 6) is 2.21. The lowest BCUT2D eigenvalue weighted by Gasteiger charge is -2.58. The van der Waals surface area contributed by atoms with Gasteiger partial charge in [-0.3, -0.25) is 4.90 Å². The first kappa shape index (κ1) is 47.6. The van der Waals surface area contributed by atoms with E-state index in [4.69, 9.17) is 9.47 Å². The summed E-state index contributed by atoms with van der Waals surface area (Å²) in [4.78, 5) is 2.81. The van der Waals surface area contributed by atoms with Gasteiger partial charge in [-0.05, 0) is 206 Å². The summed E-state index contributed by atoms with van der Waals surface area (Å²) in [6, 6.07) is 6.77. The molecule has 2 heterocycles. The second-order valence-electron chi connectivity index (χ2n) is 23.0. The number of nitrogens with zero attached hydrogens (tertiary/aromatic N) is 2. The van der Waals surface area contributed by atoms with Crippen LogP contribution < -0.4 is 9.47 Å². The average Bonchev–Trinajstić information content (AvgIpc) is 3.43. The van der Waals surface area contributed by atoms with Gasteiger partial charge in [-0.15, -0.1) is 0 Å². The molecule has 5 rings (SSSR count). The van der Waals surface area contributed by atoms with Gasteiger partial charge in [-0.1, -0.05) is 62.3 Å². The highest BCUT2D eigenvalue weighted by atomic mass is 16.5. The molecule has 1 aromatic heterocycles. The van der Waals surface area contributed by atoms with E-state index < -0.39 is 5.60 Å². The third-order valence-corrected chi connectivity index (χ3v) is 17.5. The van der Waals surface area contributed by atoms with Crippen LogP contribution in [0.15, 0.2) is 18.2 Å². The largest absolute Gasteiger partial charge is 0.508 e. The van der Waals surface area contributed by atoms with Crippen LogP contribution >= 0.6 is 0 Å². The van der Waals surface area contributed by atoms with Gasteiger partial charge in [-0.2, -0.15) is 0 Å². The predicted octanol–water partition coefficient (Wildman–Crippen LogP) is 14.9. The Labute approximate surface area is 366 Å². The molecule has 3 aromatic carbocycles. The highest BCUT2D eigenvalue weighted by molar-refractivity contribution is 5.98. The Morgan fingerprint density at radius 3 is 1.70 bits per heavy atom. The molecule has 0 aliphatic carbocycles. The second kappa shape index (κ2) is 15.1. The molecular weight excluding hydrogens is 737 g/mol. The van der Waals surface area contributed by atoms with E-state index in [9.17, 15) is 5.11 Å². The average molecular weight is 821 g/mol. The number of aryl methyl sites for hydroxylation is 3. The van der Waals surface area contributed by atoms with Crippen LogP contribution in [0.5, 0.6) is 17.2 Å². The number of fused-ring (bicyclic) bond motifs is 1. The van der Waals surface area contributed by atoms with Gasteiger partial charge in [0.25, 0.3) is 0 Å². The first-order valence-electron chi connectivity index (χ1n) is 22.7. The lowest BCUT2D eigenvalue weighted by Crippen LogP contribution is -2.67. The highest BCUT2D eigenvalue weighted by Crippen LogP contribution is 2.60. The number of likely N-dealkylation sites (tertiary alicyclic amines) is 1. The quantitative estimate of drug-likeness (QED) is 0.192. The molecule has 1 aliphatic heterocycles. The van der Waals surface area contributed by atoms with E-state index in [-0.39, 0.29) is 33.2 Å². The maximum absolute atomic E-state index is 10.8. The monoisotopic (exact) mass is 821 g/mol. The van der Waals surface area contributed by atoms with Crippen molar-refractivity contribution in [2.24, 2.45) is 16.2 Å². The third-order valence-electron chi connectivity index (χ3n) is 17.5. The zero-order valence-electron chi connectivity index (χ0n) is 42.8. The van der Waals surface area contributed by atoms with Gasteiger partial charge in [0.05, 0.1) is 29.9 Å². The first-order chi connectivity index (χ1) is 27.1. The van der Waals surface area contributed by atoms with Crippen LogP contribution in [-0.4, -0.2) is 44.9 Å². The number of hydrogen-bond donors (Lipinski definition) is 1. The molecule has 1 fully saturated rings. The van der Waals surface area contributed by atoms with Crippen molar-refractivity contribution in [1.29, 1.82) is 0 Å². The molecule has 0 saturated carbocycles. The number of methoxy groups -OCH3 is 1. The van der Waals surface area contributed by atoms with Crippen LogP contribution in [0.25, 0.3) is 22.2 Å². The molecule has 60 heavy (non-hydrogen) atoms. The van der Waals surface area contributed by atoms with Crippen molar-refractivity contribution in [3.8, 4) is 28.5 Å². The Bertz CT molecular complexity index is 2270. The minimum atomic E-state index is -0.529. The minimum Gasteiger partial charge on any atom is -0.508 e. The Kier molecular flexibility index (Phi) is 12.0. The van der Waals surface area contributed by atoms with Crippen LogP contribution in [-0.2, 0) is 5.41 Å². The van der Waals surface area contributed by atoms with Crippen molar-refractivity contribution >= 4 is 10.9 Å². The Hall–Kier alpha value is -3.44. The topological polar surface area (TPSA) is 46.9 Å². The molecule has 5 heteroatoms. The molecule has 1 aliphatic rings. The third kappa shape index (κ3) is 7.00. The summed E-state index contributed by atoms with van der Waals surface area (Å²) in [6.07, 6.45) is 1.12. The van der Waals surface area contributed by atoms with Gasteiger partial charge in [0.15, 0.2) is 0 Å². The Balaban J connectivity index is 1.76. The van der Waals surface area contributed by atoms with Crippen molar-refractivity contribution in [3.05, 3.63) is 73.8 Å². The summed E-state index contributed by atoms with van der Waals surface area (Å²) in [7, 11) is 1.78. The molecule has 0 bridgehead atoms. The van der Waals surface area contributed by atoms with E-state index in [0.29, 0.717) is 17.8 Å². The summed E-state index contributed by atoms with van der Waals surface area (Å²) < 4.78 is 16.2. The van der Waals surface area contributed by atoms with Gasteiger partial charge in [0.2, 0.25) is 0 Å². The summed E-state index contributed by atoms with van der Waals surface area (Å²) in [5, 5.41) is 12.0. The smallest absolute Gasteiger partial charge is 0.126 e. The number of ether oxygens (including phenoxy) is 2. The molecule has 3 atom stereocenters. The van der Waals surface area contributed by atoms with Gasteiger partial charge >= 0.3 is 0 Å². The number of rotatable bonds is 8. The van der Waals surface area contributed by atoms with Crippen molar-refractivity contribution in [2.45, 2.75) is 207 Å². The van der Waals surface area contributed by atoms with E-state index in [2.05, 4.69) is 182 Å². The molecule has 1 saturated heterocycles. The molecule has 1 N–H and O–H groups in total. The van der Waals surface area contributed by atoms with Crippen molar-refractivity contribution in [2.75, 3.05) is 7.11 Å². The number of hydrogen-bond acceptors (Lipinski definition) is 4. The van der Waals surface area contributed by atoms with Gasteiger partial charge < -0.3 is 19.1 Å². The van der Waals surface area contributed by atoms with Crippen molar-refractivity contribution in [3.63, 3.8) is 0 Å². The fourth-order valence-electron chi connectivity index (χ4n) is 11.8. The molecule has 4 aromatic rings. The second-order valence-corrected chi connectivity index (χ2v) is 23.0. The molecule has 0 amide bonds. The highest BCUT2D eigenvalue weighted by Gasteiger charge is 2.59. The standard InChI is InChI=1S/C55H84N2O3/c1-30-26-41(58)27-31(2)44(30)48-46(50(12,13)14)42-28-43(59-25)33(4)36(7)47(42)56(48)39(10)45-34(5)37(8)49(38(9)35(45)6)60-55(23,24)54(21,22)57-32(3)29-51(15,16)53(19,20)52(17,18)40(57)11/h26-28,32,39-40,58H,29H2,1-25H3. The van der Waals surface area contributed by atoms with E-state index >= 15 is 0 Å². The maximum atomic E-state index is 10.8. The molecule has 3 unspecified atom stereocenters.